The molecule has 3 nitrogen and oxygen atoms in total. The Balaban J connectivity index is 2.16. The molecule has 0 atom stereocenters. The fourth-order valence-corrected chi connectivity index (χ4v) is 2.41. The molecule has 0 radical (unpaired) electrons. The van der Waals surface area contributed by atoms with Crippen molar-refractivity contribution in [2.24, 2.45) is 5.41 Å². The van der Waals surface area contributed by atoms with Crippen LogP contribution in [0.2, 0.25) is 0 Å². The van der Waals surface area contributed by atoms with Gasteiger partial charge in [-0.1, -0.05) is 6.92 Å². The second-order valence-corrected chi connectivity index (χ2v) is 4.90. The lowest BCUT2D eigenvalue weighted by Gasteiger charge is -2.40. The van der Waals surface area contributed by atoms with Crippen molar-refractivity contribution in [2.45, 2.75) is 39.5 Å². The SMILES string of the molecule is CCOCCCN1CCC(CC)(CO)CC1. The van der Waals surface area contributed by atoms with Gasteiger partial charge in [0.05, 0.1) is 0 Å². The molecule has 1 rings (SSSR count). The summed E-state index contributed by atoms with van der Waals surface area (Å²) in [5.41, 5.74) is 0.219. The number of likely N-dealkylation sites (tertiary alicyclic amines) is 1. The van der Waals surface area contributed by atoms with E-state index in [2.05, 4.69) is 11.8 Å². The van der Waals surface area contributed by atoms with Crippen LogP contribution >= 0.6 is 0 Å². The van der Waals surface area contributed by atoms with Gasteiger partial charge in [0.25, 0.3) is 0 Å². The third-order valence-electron chi connectivity index (χ3n) is 3.97. The molecule has 1 aliphatic heterocycles. The Hall–Kier alpha value is -0.120. The van der Waals surface area contributed by atoms with Crippen LogP contribution in [0.5, 0.6) is 0 Å². The van der Waals surface area contributed by atoms with Gasteiger partial charge in [-0.2, -0.15) is 0 Å². The van der Waals surface area contributed by atoms with Crippen molar-refractivity contribution in [3.63, 3.8) is 0 Å². The molecule has 0 aliphatic carbocycles. The molecule has 1 saturated heterocycles. The van der Waals surface area contributed by atoms with E-state index in [4.69, 9.17) is 4.74 Å². The highest BCUT2D eigenvalue weighted by molar-refractivity contribution is 4.84. The third kappa shape index (κ3) is 4.04. The van der Waals surface area contributed by atoms with Crippen molar-refractivity contribution < 1.29 is 9.84 Å². The van der Waals surface area contributed by atoms with Crippen LogP contribution in [-0.2, 0) is 4.74 Å². The number of hydrogen-bond donors (Lipinski definition) is 1. The van der Waals surface area contributed by atoms with Gasteiger partial charge in [-0.3, -0.25) is 0 Å². The molecule has 0 aromatic heterocycles. The minimum absolute atomic E-state index is 0.219. The second-order valence-electron chi connectivity index (χ2n) is 4.90. The van der Waals surface area contributed by atoms with Gasteiger partial charge in [0.1, 0.15) is 0 Å². The summed E-state index contributed by atoms with van der Waals surface area (Å²) in [6, 6.07) is 0. The first-order valence-electron chi connectivity index (χ1n) is 6.67. The molecule has 0 bridgehead atoms. The lowest BCUT2D eigenvalue weighted by atomic mass is 9.77. The van der Waals surface area contributed by atoms with Crippen LogP contribution in [-0.4, -0.2) is 49.5 Å². The van der Waals surface area contributed by atoms with E-state index in [1.54, 1.807) is 0 Å². The van der Waals surface area contributed by atoms with Crippen LogP contribution < -0.4 is 0 Å². The maximum absolute atomic E-state index is 9.44. The Morgan fingerprint density at radius 3 is 2.44 bits per heavy atom. The number of rotatable bonds is 7. The lowest BCUT2D eigenvalue weighted by molar-refractivity contribution is 0.0368. The van der Waals surface area contributed by atoms with Crippen LogP contribution in [0.25, 0.3) is 0 Å². The molecule has 1 heterocycles. The van der Waals surface area contributed by atoms with Crippen molar-refractivity contribution in [1.29, 1.82) is 0 Å². The zero-order valence-electron chi connectivity index (χ0n) is 10.9. The minimum atomic E-state index is 0.219. The molecule has 3 heteroatoms. The third-order valence-corrected chi connectivity index (χ3v) is 3.97. The van der Waals surface area contributed by atoms with Gasteiger partial charge in [-0.05, 0) is 51.1 Å². The number of piperidine rings is 1. The fourth-order valence-electron chi connectivity index (χ4n) is 2.41. The van der Waals surface area contributed by atoms with Gasteiger partial charge in [0.15, 0.2) is 0 Å². The van der Waals surface area contributed by atoms with Crippen molar-refractivity contribution in [3.05, 3.63) is 0 Å². The van der Waals surface area contributed by atoms with E-state index >= 15 is 0 Å². The summed E-state index contributed by atoms with van der Waals surface area (Å²) in [6.45, 7) is 9.72. The highest BCUT2D eigenvalue weighted by Crippen LogP contribution is 2.34. The fraction of sp³-hybridized carbons (Fsp3) is 1.00. The zero-order valence-corrected chi connectivity index (χ0v) is 10.9. The standard InChI is InChI=1S/C13H27NO2/c1-3-13(12-15)6-9-14(10-7-13)8-5-11-16-4-2/h15H,3-12H2,1-2H3. The minimum Gasteiger partial charge on any atom is -0.396 e. The number of ether oxygens (including phenoxy) is 1. The Morgan fingerprint density at radius 2 is 1.94 bits per heavy atom. The highest BCUT2D eigenvalue weighted by Gasteiger charge is 2.31. The van der Waals surface area contributed by atoms with Crippen LogP contribution in [0.1, 0.15) is 39.5 Å². The summed E-state index contributed by atoms with van der Waals surface area (Å²) < 4.78 is 5.34. The smallest absolute Gasteiger partial charge is 0.0488 e. The van der Waals surface area contributed by atoms with Crippen molar-refractivity contribution in [3.8, 4) is 0 Å². The number of aliphatic hydroxyl groups excluding tert-OH is 1. The molecule has 16 heavy (non-hydrogen) atoms. The second kappa shape index (κ2) is 7.25. The van der Waals surface area contributed by atoms with Gasteiger partial charge in [0.2, 0.25) is 0 Å². The summed E-state index contributed by atoms with van der Waals surface area (Å²) in [5.74, 6) is 0. The summed E-state index contributed by atoms with van der Waals surface area (Å²) in [6.07, 6.45) is 4.53. The quantitative estimate of drug-likeness (QED) is 0.677. The maximum atomic E-state index is 9.44. The first kappa shape index (κ1) is 13.9. The number of nitrogens with zero attached hydrogens (tertiary/aromatic N) is 1. The molecule has 0 aromatic rings. The predicted molar refractivity (Wildman–Crippen MR) is 66.6 cm³/mol. The van der Waals surface area contributed by atoms with E-state index in [0.29, 0.717) is 6.61 Å². The predicted octanol–water partition coefficient (Wildman–Crippen LogP) is 1.90. The summed E-state index contributed by atoms with van der Waals surface area (Å²) in [5, 5.41) is 9.44. The normalized spacial score (nSPS) is 21.2. The van der Waals surface area contributed by atoms with Gasteiger partial charge < -0.3 is 14.7 Å². The molecule has 0 aromatic carbocycles. The van der Waals surface area contributed by atoms with Gasteiger partial charge >= 0.3 is 0 Å². The van der Waals surface area contributed by atoms with Gasteiger partial charge in [-0.15, -0.1) is 0 Å². The largest absolute Gasteiger partial charge is 0.396 e. The Labute approximate surface area is 99.8 Å². The highest BCUT2D eigenvalue weighted by atomic mass is 16.5. The molecular weight excluding hydrogens is 202 g/mol. The Bertz CT molecular complexity index is 171. The van der Waals surface area contributed by atoms with E-state index in [1.807, 2.05) is 6.92 Å². The molecule has 1 fully saturated rings. The average Bonchev–Trinajstić information content (AvgIpc) is 2.36. The van der Waals surface area contributed by atoms with Crippen LogP contribution in [0.4, 0.5) is 0 Å². The van der Waals surface area contributed by atoms with Gasteiger partial charge in [0, 0.05) is 26.4 Å². The monoisotopic (exact) mass is 229 g/mol. The first-order chi connectivity index (χ1) is 7.76. The van der Waals surface area contributed by atoms with E-state index in [1.165, 1.54) is 0 Å². The molecule has 0 saturated carbocycles. The topological polar surface area (TPSA) is 32.7 Å². The number of hydrogen-bond acceptors (Lipinski definition) is 3. The van der Waals surface area contributed by atoms with Crippen molar-refractivity contribution in [1.82, 2.24) is 4.90 Å². The van der Waals surface area contributed by atoms with Crippen LogP contribution in [0, 0.1) is 5.41 Å². The maximum Gasteiger partial charge on any atom is 0.0488 e. The molecule has 0 unspecified atom stereocenters. The van der Waals surface area contributed by atoms with E-state index in [0.717, 1.165) is 58.5 Å². The molecule has 96 valence electrons. The summed E-state index contributed by atoms with van der Waals surface area (Å²) >= 11 is 0. The van der Waals surface area contributed by atoms with E-state index in [9.17, 15) is 5.11 Å². The van der Waals surface area contributed by atoms with E-state index < -0.39 is 0 Å². The van der Waals surface area contributed by atoms with Crippen LogP contribution in [0.15, 0.2) is 0 Å². The van der Waals surface area contributed by atoms with Crippen molar-refractivity contribution >= 4 is 0 Å². The summed E-state index contributed by atoms with van der Waals surface area (Å²) in [7, 11) is 0. The molecule has 0 amide bonds. The average molecular weight is 229 g/mol. The summed E-state index contributed by atoms with van der Waals surface area (Å²) in [4.78, 5) is 2.50. The molecule has 1 aliphatic rings. The lowest BCUT2D eigenvalue weighted by Crippen LogP contribution is -2.42. The van der Waals surface area contributed by atoms with Crippen molar-refractivity contribution in [2.75, 3.05) is 39.5 Å². The van der Waals surface area contributed by atoms with Crippen LogP contribution in [0.3, 0.4) is 0 Å². The van der Waals surface area contributed by atoms with E-state index in [-0.39, 0.29) is 5.41 Å². The Morgan fingerprint density at radius 1 is 1.25 bits per heavy atom. The molecule has 0 spiro atoms. The number of aliphatic hydroxyl groups is 1. The first-order valence-corrected chi connectivity index (χ1v) is 6.67. The molecular formula is C13H27NO2. The molecule has 1 N–H and O–H groups in total. The van der Waals surface area contributed by atoms with Gasteiger partial charge in [-0.25, -0.2) is 0 Å². The Kier molecular flexibility index (Phi) is 6.32. The zero-order chi connectivity index (χ0) is 11.9.